The summed E-state index contributed by atoms with van der Waals surface area (Å²) in [4.78, 5) is 0. The number of rotatable bonds is 0. The molecule has 4 atom stereocenters. The van der Waals surface area contributed by atoms with Crippen LogP contribution in [0.5, 0.6) is 0 Å². The monoisotopic (exact) mass is 132 g/mol. The summed E-state index contributed by atoms with van der Waals surface area (Å²) in [5, 5.41) is 0. The highest BCUT2D eigenvalue weighted by Crippen LogP contribution is 2.72. The van der Waals surface area contributed by atoms with Crippen molar-refractivity contribution in [2.24, 2.45) is 23.7 Å². The summed E-state index contributed by atoms with van der Waals surface area (Å²) >= 11 is 0. The molecule has 3 fully saturated rings. The maximum absolute atomic E-state index is 1.97. The highest BCUT2D eigenvalue weighted by Gasteiger charge is 2.62. The lowest BCUT2D eigenvalue weighted by molar-refractivity contribution is 0.219. The summed E-state index contributed by atoms with van der Waals surface area (Å²) < 4.78 is 0. The molecular weight excluding hydrogens is 120 g/mol. The molecule has 0 amide bonds. The quantitative estimate of drug-likeness (QED) is 0.444. The van der Waals surface area contributed by atoms with Gasteiger partial charge in [0.05, 0.1) is 0 Å². The van der Waals surface area contributed by atoms with Gasteiger partial charge in [0.1, 0.15) is 0 Å². The van der Waals surface area contributed by atoms with E-state index < -0.39 is 0 Å². The van der Waals surface area contributed by atoms with Gasteiger partial charge in [-0.15, -0.1) is 0 Å². The molecule has 0 aromatic rings. The standard InChI is InChI=1S/C10H12/c1-2-6-5(1)9-7-3-4-8(9)10(6)7/h5-7,9H,1-4H2/t5-,6?,7?,9-/m1/s1. The fraction of sp³-hybridized carbons (Fsp3) is 0.800. The third-order valence-electron chi connectivity index (χ3n) is 4.52. The van der Waals surface area contributed by atoms with Crippen LogP contribution in [-0.2, 0) is 0 Å². The molecule has 0 heterocycles. The average molecular weight is 132 g/mol. The van der Waals surface area contributed by atoms with E-state index in [1.807, 2.05) is 11.1 Å². The van der Waals surface area contributed by atoms with Crippen LogP contribution in [0.15, 0.2) is 11.1 Å². The van der Waals surface area contributed by atoms with Gasteiger partial charge in [0, 0.05) is 0 Å². The Bertz CT molecular complexity index is 249. The molecule has 6 rings (SSSR count). The molecule has 6 aliphatic rings. The summed E-state index contributed by atoms with van der Waals surface area (Å²) in [5.74, 6) is 4.59. The van der Waals surface area contributed by atoms with Crippen molar-refractivity contribution in [1.29, 1.82) is 0 Å². The van der Waals surface area contributed by atoms with Gasteiger partial charge in [-0.1, -0.05) is 11.1 Å². The molecule has 10 heavy (non-hydrogen) atoms. The molecule has 0 aliphatic heterocycles. The fourth-order valence-corrected chi connectivity index (χ4v) is 4.14. The van der Waals surface area contributed by atoms with E-state index in [1.165, 1.54) is 12.3 Å². The van der Waals surface area contributed by atoms with E-state index in [0.717, 1.165) is 17.8 Å². The van der Waals surface area contributed by atoms with Crippen LogP contribution in [0.4, 0.5) is 0 Å². The second-order valence-electron chi connectivity index (χ2n) is 4.50. The Morgan fingerprint density at radius 2 is 2.00 bits per heavy atom. The van der Waals surface area contributed by atoms with Crippen LogP contribution in [0, 0.1) is 23.7 Å². The molecule has 0 spiro atoms. The van der Waals surface area contributed by atoms with E-state index in [1.54, 1.807) is 19.3 Å². The van der Waals surface area contributed by atoms with Gasteiger partial charge in [-0.05, 0) is 49.4 Å². The SMILES string of the molecule is C1CC2C3=C1[C@@H]2[C@@H]1CCC31. The summed E-state index contributed by atoms with van der Waals surface area (Å²) in [6.07, 6.45) is 6.16. The summed E-state index contributed by atoms with van der Waals surface area (Å²) in [6.45, 7) is 0. The highest BCUT2D eigenvalue weighted by atomic mass is 14.7. The van der Waals surface area contributed by atoms with Crippen LogP contribution < -0.4 is 0 Å². The lowest BCUT2D eigenvalue weighted by Crippen LogP contribution is -2.21. The van der Waals surface area contributed by atoms with E-state index in [-0.39, 0.29) is 0 Å². The first-order valence-corrected chi connectivity index (χ1v) is 4.69. The van der Waals surface area contributed by atoms with Crippen LogP contribution >= 0.6 is 0 Å². The first-order valence-electron chi connectivity index (χ1n) is 4.69. The number of hydrogen-bond donors (Lipinski definition) is 0. The maximum atomic E-state index is 1.97. The molecular formula is C10H12. The predicted octanol–water partition coefficient (Wildman–Crippen LogP) is 2.36. The summed E-state index contributed by atoms with van der Waals surface area (Å²) in [6, 6.07) is 0. The molecule has 2 unspecified atom stereocenters. The van der Waals surface area contributed by atoms with Crippen molar-refractivity contribution < 1.29 is 0 Å². The zero-order valence-corrected chi connectivity index (χ0v) is 6.14. The maximum Gasteiger partial charge on any atom is -0.0100 e. The second kappa shape index (κ2) is 1.11. The van der Waals surface area contributed by atoms with Crippen molar-refractivity contribution >= 4 is 0 Å². The molecule has 0 saturated heterocycles. The van der Waals surface area contributed by atoms with Crippen molar-refractivity contribution in [3.8, 4) is 0 Å². The van der Waals surface area contributed by atoms with Crippen LogP contribution in [0.1, 0.15) is 25.7 Å². The molecule has 52 valence electrons. The summed E-state index contributed by atoms with van der Waals surface area (Å²) in [7, 11) is 0. The number of allylic oxidation sites excluding steroid dienone is 2. The minimum absolute atomic E-state index is 1.13. The van der Waals surface area contributed by atoms with Crippen molar-refractivity contribution in [3.63, 3.8) is 0 Å². The van der Waals surface area contributed by atoms with Crippen molar-refractivity contribution in [2.75, 3.05) is 0 Å². The largest absolute Gasteiger partial charge is 0.0664 e. The number of hydrogen-bond acceptors (Lipinski definition) is 0. The van der Waals surface area contributed by atoms with Gasteiger partial charge in [-0.2, -0.15) is 0 Å². The Balaban J connectivity index is 1.96. The fourth-order valence-electron chi connectivity index (χ4n) is 4.14. The topological polar surface area (TPSA) is 0 Å². The Kier molecular flexibility index (Phi) is 0.508. The van der Waals surface area contributed by atoms with Crippen LogP contribution in [0.25, 0.3) is 0 Å². The molecule has 4 bridgehead atoms. The Morgan fingerprint density at radius 3 is 2.40 bits per heavy atom. The normalized spacial score (nSPS) is 60.0. The smallest absolute Gasteiger partial charge is 0.0100 e. The molecule has 0 aromatic carbocycles. The Labute approximate surface area is 61.3 Å². The third-order valence-corrected chi connectivity index (χ3v) is 4.52. The van der Waals surface area contributed by atoms with Gasteiger partial charge < -0.3 is 0 Å². The van der Waals surface area contributed by atoms with Crippen LogP contribution in [0.2, 0.25) is 0 Å². The van der Waals surface area contributed by atoms with E-state index >= 15 is 0 Å². The lowest BCUT2D eigenvalue weighted by Gasteiger charge is -2.29. The van der Waals surface area contributed by atoms with Crippen LogP contribution in [0.3, 0.4) is 0 Å². The minimum Gasteiger partial charge on any atom is -0.0664 e. The van der Waals surface area contributed by atoms with Gasteiger partial charge >= 0.3 is 0 Å². The third kappa shape index (κ3) is 0.247. The van der Waals surface area contributed by atoms with Crippen molar-refractivity contribution in [3.05, 3.63) is 11.1 Å². The van der Waals surface area contributed by atoms with E-state index in [4.69, 9.17) is 0 Å². The average Bonchev–Trinajstić information content (AvgIpc) is 2.46. The second-order valence-corrected chi connectivity index (χ2v) is 4.50. The zero-order valence-electron chi connectivity index (χ0n) is 6.14. The molecule has 0 heteroatoms. The van der Waals surface area contributed by atoms with Crippen molar-refractivity contribution in [2.45, 2.75) is 25.7 Å². The summed E-state index contributed by atoms with van der Waals surface area (Å²) in [5.41, 5.74) is 3.92. The minimum atomic E-state index is 1.13. The van der Waals surface area contributed by atoms with E-state index in [2.05, 4.69) is 0 Å². The highest BCUT2D eigenvalue weighted by molar-refractivity contribution is 5.48. The molecule has 0 N–H and O–H groups in total. The Hall–Kier alpha value is -0.260. The molecule has 6 aliphatic carbocycles. The van der Waals surface area contributed by atoms with Crippen LogP contribution in [-0.4, -0.2) is 0 Å². The zero-order chi connectivity index (χ0) is 6.29. The number of fused-ring (bicyclic) bond motifs is 1. The van der Waals surface area contributed by atoms with Gasteiger partial charge in [-0.3, -0.25) is 0 Å². The molecule has 0 aromatic heterocycles. The lowest BCUT2D eigenvalue weighted by atomic mass is 9.75. The van der Waals surface area contributed by atoms with Crippen molar-refractivity contribution in [1.82, 2.24) is 0 Å². The van der Waals surface area contributed by atoms with Gasteiger partial charge in [0.15, 0.2) is 0 Å². The van der Waals surface area contributed by atoms with Gasteiger partial charge in [0.2, 0.25) is 0 Å². The first-order chi connectivity index (χ1) is 4.97. The predicted molar refractivity (Wildman–Crippen MR) is 39.5 cm³/mol. The molecule has 3 saturated carbocycles. The molecule has 0 radical (unpaired) electrons. The van der Waals surface area contributed by atoms with Gasteiger partial charge in [-0.25, -0.2) is 0 Å². The van der Waals surface area contributed by atoms with E-state index in [9.17, 15) is 0 Å². The molecule has 0 nitrogen and oxygen atoms in total. The Morgan fingerprint density at radius 1 is 1.00 bits per heavy atom. The van der Waals surface area contributed by atoms with E-state index in [0.29, 0.717) is 0 Å². The van der Waals surface area contributed by atoms with Gasteiger partial charge in [0.25, 0.3) is 0 Å². The first kappa shape index (κ1) is 4.58.